The molecule has 0 radical (unpaired) electrons. The fourth-order valence-corrected chi connectivity index (χ4v) is 8.97. The first-order chi connectivity index (χ1) is 37.0. The summed E-state index contributed by atoms with van der Waals surface area (Å²) in [6.07, 6.45) is 12.8. The molecule has 10 aromatic rings. The predicted molar refractivity (Wildman–Crippen MR) is 316 cm³/mol. The molecule has 0 saturated carbocycles. The molecule has 0 amide bonds. The zero-order valence-electron chi connectivity index (χ0n) is 42.3. The first-order valence-corrected chi connectivity index (χ1v) is 25.0. The van der Waals surface area contributed by atoms with Gasteiger partial charge in [0.15, 0.2) is 0 Å². The molecule has 0 atom stereocenters. The first kappa shape index (κ1) is 48.8. The summed E-state index contributed by atoms with van der Waals surface area (Å²) in [5.74, 6) is 2.51. The number of hydrogen-bond donors (Lipinski definition) is 0. The van der Waals surface area contributed by atoms with Crippen molar-refractivity contribution in [1.29, 1.82) is 0 Å². The highest BCUT2D eigenvalue weighted by Gasteiger charge is 2.22. The lowest BCUT2D eigenvalue weighted by Crippen LogP contribution is -2.16. The third-order valence-electron chi connectivity index (χ3n) is 12.9. The number of rotatable bonds is 18. The van der Waals surface area contributed by atoms with Crippen LogP contribution in [-0.2, 0) is 0 Å². The summed E-state index contributed by atoms with van der Waals surface area (Å²) in [6, 6.07) is 89.3. The highest BCUT2D eigenvalue weighted by molar-refractivity contribution is 5.90. The lowest BCUT2D eigenvalue weighted by atomic mass is 10.1. The Kier molecular flexibility index (Phi) is 15.4. The third-order valence-corrected chi connectivity index (χ3v) is 12.9. The Hall–Kier alpha value is -9.78. The fraction of sp³-hybridized carbons (Fsp3) is 0.0435. The molecule has 366 valence electrons. The minimum Gasteiger partial charge on any atom is -0.497 e. The van der Waals surface area contributed by atoms with Crippen molar-refractivity contribution in [2.45, 2.75) is 0 Å². The van der Waals surface area contributed by atoms with Gasteiger partial charge >= 0.3 is 0 Å². The number of para-hydroxylation sites is 3. The maximum absolute atomic E-state index is 5.39. The van der Waals surface area contributed by atoms with E-state index in [0.29, 0.717) is 0 Å². The summed E-state index contributed by atoms with van der Waals surface area (Å²) < 4.78 is 16.2. The second kappa shape index (κ2) is 23.6. The number of anilines is 9. The molecule has 0 heterocycles. The Bertz CT molecular complexity index is 3100. The molecule has 10 rings (SSSR count). The van der Waals surface area contributed by atoms with Crippen LogP contribution in [0, 0.1) is 0 Å². The maximum atomic E-state index is 5.39. The van der Waals surface area contributed by atoms with Gasteiger partial charge in [-0.25, -0.2) is 0 Å². The third kappa shape index (κ3) is 12.1. The van der Waals surface area contributed by atoms with E-state index >= 15 is 0 Å². The van der Waals surface area contributed by atoms with E-state index in [1.54, 1.807) is 21.3 Å². The smallest absolute Gasteiger partial charge is 0.118 e. The number of hydrogen-bond acceptors (Lipinski definition) is 6. The molecule has 0 N–H and O–H groups in total. The summed E-state index contributed by atoms with van der Waals surface area (Å²) in [4.78, 5) is 7.03. The topological polar surface area (TPSA) is 37.4 Å². The summed E-state index contributed by atoms with van der Waals surface area (Å²) in [5, 5.41) is 0. The predicted octanol–water partition coefficient (Wildman–Crippen LogP) is 18.6. The van der Waals surface area contributed by atoms with Crippen molar-refractivity contribution in [2.75, 3.05) is 36.0 Å². The van der Waals surface area contributed by atoms with Crippen molar-refractivity contribution in [2.24, 2.45) is 0 Å². The lowest BCUT2D eigenvalue weighted by molar-refractivity contribution is 0.414. The Morgan fingerprint density at radius 1 is 0.213 bits per heavy atom. The second-order valence-electron chi connectivity index (χ2n) is 17.8. The van der Waals surface area contributed by atoms with Gasteiger partial charge in [-0.05, 0) is 161 Å². The summed E-state index contributed by atoms with van der Waals surface area (Å²) >= 11 is 0. The molecule has 0 unspecified atom stereocenters. The summed E-state index contributed by atoms with van der Waals surface area (Å²) in [7, 11) is 5.06. The Balaban J connectivity index is 1.10. The van der Waals surface area contributed by atoms with Crippen molar-refractivity contribution in [3.05, 3.63) is 288 Å². The largest absolute Gasteiger partial charge is 0.497 e. The average Bonchev–Trinajstić information content (AvgIpc) is 3.48. The molecule has 0 spiro atoms. The quantitative estimate of drug-likeness (QED) is 0.0798. The minimum absolute atomic E-state index is 0.836. The van der Waals surface area contributed by atoms with Gasteiger partial charge in [0.05, 0.1) is 38.4 Å². The highest BCUT2D eigenvalue weighted by Crippen LogP contribution is 2.46. The van der Waals surface area contributed by atoms with E-state index in [1.807, 2.05) is 36.4 Å². The molecule has 10 aromatic carbocycles. The number of benzene rings is 10. The average molecular weight is 976 g/mol. The van der Waals surface area contributed by atoms with Gasteiger partial charge in [0.1, 0.15) is 17.2 Å². The van der Waals surface area contributed by atoms with Crippen molar-refractivity contribution < 1.29 is 14.2 Å². The first-order valence-electron chi connectivity index (χ1n) is 25.0. The maximum Gasteiger partial charge on any atom is 0.118 e. The van der Waals surface area contributed by atoms with Gasteiger partial charge < -0.3 is 28.9 Å². The van der Waals surface area contributed by atoms with Gasteiger partial charge in [-0.1, -0.05) is 164 Å². The Labute approximate surface area is 441 Å². The van der Waals surface area contributed by atoms with Crippen LogP contribution in [0.3, 0.4) is 0 Å². The standard InChI is InChI=1S/C69H57N3O3/c1-73-67-43-31-55(32-44-67)22-19-52-25-37-61(38-26-52)70(58-13-7-4-8-14-58)64-49-65(71(59-15-9-5-10-16-59)62-39-27-53(28-40-62)20-23-56-33-45-68(74-2)46-34-56)51-66(50-64)72(60-17-11-6-12-18-60)63-41-29-54(30-42-63)21-24-57-35-47-69(75-3)48-36-57/h4-51H,1-3H3/b22-19+,23-20+,24-21+. The number of nitrogens with zero attached hydrogens (tertiary/aromatic N) is 3. The van der Waals surface area contributed by atoms with Crippen molar-refractivity contribution in [3.63, 3.8) is 0 Å². The van der Waals surface area contributed by atoms with E-state index in [-0.39, 0.29) is 0 Å². The van der Waals surface area contributed by atoms with E-state index < -0.39 is 0 Å². The van der Waals surface area contributed by atoms with Gasteiger partial charge in [0.2, 0.25) is 0 Å². The van der Waals surface area contributed by atoms with Gasteiger partial charge in [-0.15, -0.1) is 0 Å². The molecule has 0 saturated heterocycles. The molecule has 6 heteroatoms. The summed E-state index contributed by atoms with van der Waals surface area (Å²) in [5.41, 5.74) is 15.6. The van der Waals surface area contributed by atoms with Crippen molar-refractivity contribution in [1.82, 2.24) is 0 Å². The number of methoxy groups -OCH3 is 3. The van der Waals surface area contributed by atoms with Crippen LogP contribution < -0.4 is 28.9 Å². The highest BCUT2D eigenvalue weighted by atomic mass is 16.5. The zero-order chi connectivity index (χ0) is 51.2. The normalized spacial score (nSPS) is 11.2. The van der Waals surface area contributed by atoms with Crippen LogP contribution in [0.4, 0.5) is 51.2 Å². The lowest BCUT2D eigenvalue weighted by Gasteiger charge is -2.33. The van der Waals surface area contributed by atoms with Gasteiger partial charge in [0.25, 0.3) is 0 Å². The van der Waals surface area contributed by atoms with E-state index in [9.17, 15) is 0 Å². The molecule has 6 nitrogen and oxygen atoms in total. The number of ether oxygens (including phenoxy) is 3. The minimum atomic E-state index is 0.836. The van der Waals surface area contributed by atoms with Crippen LogP contribution >= 0.6 is 0 Å². The molecule has 0 aliphatic rings. The van der Waals surface area contributed by atoms with Gasteiger partial charge in [0, 0.05) is 34.1 Å². The molecular formula is C69H57N3O3. The van der Waals surface area contributed by atoms with E-state index in [1.165, 1.54) is 0 Å². The molecule has 0 aromatic heterocycles. The van der Waals surface area contributed by atoms with Crippen LogP contribution in [-0.4, -0.2) is 21.3 Å². The van der Waals surface area contributed by atoms with Gasteiger partial charge in [-0.2, -0.15) is 0 Å². The second-order valence-corrected chi connectivity index (χ2v) is 17.8. The van der Waals surface area contributed by atoms with E-state index in [2.05, 4.69) is 270 Å². The fourth-order valence-electron chi connectivity index (χ4n) is 8.97. The summed E-state index contributed by atoms with van der Waals surface area (Å²) in [6.45, 7) is 0. The monoisotopic (exact) mass is 975 g/mol. The molecule has 75 heavy (non-hydrogen) atoms. The Morgan fingerprint density at radius 2 is 0.400 bits per heavy atom. The molecule has 0 aliphatic heterocycles. The molecule has 0 aliphatic carbocycles. The van der Waals surface area contributed by atoms with Crippen LogP contribution in [0.1, 0.15) is 33.4 Å². The van der Waals surface area contributed by atoms with Crippen LogP contribution in [0.25, 0.3) is 36.5 Å². The van der Waals surface area contributed by atoms with Crippen molar-refractivity contribution >= 4 is 87.6 Å². The molecule has 0 bridgehead atoms. The molecule has 0 fully saturated rings. The Morgan fingerprint density at radius 3 is 0.600 bits per heavy atom. The molecular weight excluding hydrogens is 919 g/mol. The SMILES string of the molecule is COc1ccc(/C=C/c2ccc(N(c3ccccc3)c3cc(N(c4ccccc4)c4ccc(/C=C/c5ccc(OC)cc5)cc4)cc(N(c4ccccc4)c4ccc(/C=C/c5ccc(OC)cc5)cc4)c3)cc2)cc1. The van der Waals surface area contributed by atoms with E-state index in [4.69, 9.17) is 14.2 Å². The van der Waals surface area contributed by atoms with Gasteiger partial charge in [-0.3, -0.25) is 0 Å². The van der Waals surface area contributed by atoms with Crippen LogP contribution in [0.5, 0.6) is 17.2 Å². The van der Waals surface area contributed by atoms with Crippen LogP contribution in [0.15, 0.2) is 255 Å². The van der Waals surface area contributed by atoms with Crippen molar-refractivity contribution in [3.8, 4) is 17.2 Å². The van der Waals surface area contributed by atoms with Crippen LogP contribution in [0.2, 0.25) is 0 Å². The van der Waals surface area contributed by atoms with E-state index in [0.717, 1.165) is 102 Å². The zero-order valence-corrected chi connectivity index (χ0v) is 42.3.